The van der Waals surface area contributed by atoms with E-state index in [9.17, 15) is 9.18 Å². The van der Waals surface area contributed by atoms with Gasteiger partial charge in [0.1, 0.15) is 11.6 Å². The number of rotatable bonds is 4. The molecule has 0 aliphatic carbocycles. The molecule has 0 aromatic heterocycles. The first-order valence-electron chi connectivity index (χ1n) is 5.95. The van der Waals surface area contributed by atoms with Crippen molar-refractivity contribution in [3.8, 4) is 5.75 Å². The molecule has 0 spiro atoms. The molecule has 0 saturated carbocycles. The van der Waals surface area contributed by atoms with Gasteiger partial charge < -0.3 is 4.74 Å². The van der Waals surface area contributed by atoms with E-state index in [1.165, 1.54) is 18.2 Å². The van der Waals surface area contributed by atoms with Crippen LogP contribution in [0.4, 0.5) is 4.39 Å². The van der Waals surface area contributed by atoms with Crippen LogP contribution < -0.4 is 4.74 Å². The maximum atomic E-state index is 13.7. The summed E-state index contributed by atoms with van der Waals surface area (Å²) in [7, 11) is 0. The van der Waals surface area contributed by atoms with E-state index in [1.54, 1.807) is 18.2 Å². The Bertz CT molecular complexity index is 638. The first-order chi connectivity index (χ1) is 9.54. The van der Waals surface area contributed by atoms with Crippen LogP contribution in [0, 0.1) is 5.82 Å². The van der Waals surface area contributed by atoms with Gasteiger partial charge in [-0.2, -0.15) is 0 Å². The molecule has 2 nitrogen and oxygen atoms in total. The molecule has 0 aliphatic heterocycles. The third kappa shape index (κ3) is 3.02. The third-order valence-electron chi connectivity index (χ3n) is 2.68. The molecule has 0 saturated heterocycles. The molecular formula is C15H11BrClFO2. The van der Waals surface area contributed by atoms with Crippen LogP contribution in [0.5, 0.6) is 5.75 Å². The van der Waals surface area contributed by atoms with Crippen LogP contribution in [0.15, 0.2) is 40.9 Å². The van der Waals surface area contributed by atoms with Crippen molar-refractivity contribution in [3.63, 3.8) is 0 Å². The highest BCUT2D eigenvalue weighted by Gasteiger charge is 2.18. The lowest BCUT2D eigenvalue weighted by Gasteiger charge is -2.09. The second kappa shape index (κ2) is 6.37. The van der Waals surface area contributed by atoms with Crippen LogP contribution in [0.1, 0.15) is 22.8 Å². The van der Waals surface area contributed by atoms with Crippen molar-refractivity contribution in [2.75, 3.05) is 6.61 Å². The SMILES string of the molecule is CCOc1ccc(C(=O)c2c(F)cccc2Cl)cc1Br. The van der Waals surface area contributed by atoms with Crippen molar-refractivity contribution in [1.29, 1.82) is 0 Å². The standard InChI is InChI=1S/C15H11BrClFO2/c1-2-20-13-7-6-9(8-10(13)16)15(19)14-11(17)4-3-5-12(14)18/h3-8H,2H2,1H3. The molecule has 0 bridgehead atoms. The van der Waals surface area contributed by atoms with Crippen molar-refractivity contribution in [1.82, 2.24) is 0 Å². The average Bonchev–Trinajstić information content (AvgIpc) is 2.41. The van der Waals surface area contributed by atoms with Crippen LogP contribution in [0.2, 0.25) is 5.02 Å². The number of hydrogen-bond acceptors (Lipinski definition) is 2. The lowest BCUT2D eigenvalue weighted by atomic mass is 10.0. The molecule has 5 heteroatoms. The number of ketones is 1. The summed E-state index contributed by atoms with van der Waals surface area (Å²) >= 11 is 9.22. The summed E-state index contributed by atoms with van der Waals surface area (Å²) in [5, 5.41) is 0.0972. The van der Waals surface area contributed by atoms with Crippen molar-refractivity contribution >= 4 is 33.3 Å². The number of hydrogen-bond donors (Lipinski definition) is 0. The fraction of sp³-hybridized carbons (Fsp3) is 0.133. The van der Waals surface area contributed by atoms with Gasteiger partial charge in [-0.1, -0.05) is 17.7 Å². The third-order valence-corrected chi connectivity index (χ3v) is 3.62. The van der Waals surface area contributed by atoms with E-state index < -0.39 is 11.6 Å². The molecule has 0 atom stereocenters. The van der Waals surface area contributed by atoms with Gasteiger partial charge in [0.15, 0.2) is 5.78 Å². The van der Waals surface area contributed by atoms with E-state index in [-0.39, 0.29) is 10.6 Å². The number of carbonyl (C=O) groups excluding carboxylic acids is 1. The molecule has 0 radical (unpaired) electrons. The van der Waals surface area contributed by atoms with Gasteiger partial charge in [-0.15, -0.1) is 0 Å². The van der Waals surface area contributed by atoms with Gasteiger partial charge in [0, 0.05) is 5.56 Å². The second-order valence-electron chi connectivity index (χ2n) is 4.00. The van der Waals surface area contributed by atoms with Gasteiger partial charge in [0.2, 0.25) is 0 Å². The topological polar surface area (TPSA) is 26.3 Å². The summed E-state index contributed by atoms with van der Waals surface area (Å²) in [6.45, 7) is 2.38. The Hall–Kier alpha value is -1.39. The molecule has 0 unspecified atom stereocenters. The van der Waals surface area contributed by atoms with Crippen LogP contribution in [0.3, 0.4) is 0 Å². The zero-order chi connectivity index (χ0) is 14.7. The molecule has 0 N–H and O–H groups in total. The van der Waals surface area contributed by atoms with Crippen molar-refractivity contribution < 1.29 is 13.9 Å². The fourth-order valence-electron chi connectivity index (χ4n) is 1.77. The molecule has 2 aromatic rings. The highest BCUT2D eigenvalue weighted by atomic mass is 79.9. The largest absolute Gasteiger partial charge is 0.493 e. The Morgan fingerprint density at radius 2 is 2.10 bits per heavy atom. The fourth-order valence-corrected chi connectivity index (χ4v) is 2.52. The van der Waals surface area contributed by atoms with Crippen LogP contribution >= 0.6 is 27.5 Å². The minimum absolute atomic E-state index is 0.0972. The van der Waals surface area contributed by atoms with Crippen LogP contribution in [-0.4, -0.2) is 12.4 Å². The number of carbonyl (C=O) groups is 1. The van der Waals surface area contributed by atoms with Crippen molar-refractivity contribution in [2.45, 2.75) is 6.92 Å². The predicted molar refractivity (Wildman–Crippen MR) is 80.2 cm³/mol. The lowest BCUT2D eigenvalue weighted by Crippen LogP contribution is -2.05. The van der Waals surface area contributed by atoms with Gasteiger partial charge in [0.25, 0.3) is 0 Å². The molecule has 0 heterocycles. The Kier molecular flexibility index (Phi) is 4.78. The molecule has 0 amide bonds. The number of halogens is 3. The van der Waals surface area contributed by atoms with Gasteiger partial charge in [0.05, 0.1) is 21.7 Å². The zero-order valence-corrected chi connectivity index (χ0v) is 13.0. The summed E-state index contributed by atoms with van der Waals surface area (Å²) in [6.07, 6.45) is 0. The van der Waals surface area contributed by atoms with Crippen LogP contribution in [0.25, 0.3) is 0 Å². The first-order valence-corrected chi connectivity index (χ1v) is 7.12. The summed E-state index contributed by atoms with van der Waals surface area (Å²) in [5.74, 6) is -0.465. The lowest BCUT2D eigenvalue weighted by molar-refractivity contribution is 0.103. The van der Waals surface area contributed by atoms with E-state index in [2.05, 4.69) is 15.9 Å². The average molecular weight is 358 g/mol. The second-order valence-corrected chi connectivity index (χ2v) is 5.27. The highest BCUT2D eigenvalue weighted by molar-refractivity contribution is 9.10. The summed E-state index contributed by atoms with van der Waals surface area (Å²) in [4.78, 5) is 12.3. The van der Waals surface area contributed by atoms with E-state index in [0.717, 1.165) is 0 Å². The smallest absolute Gasteiger partial charge is 0.197 e. The Morgan fingerprint density at radius 1 is 1.35 bits per heavy atom. The minimum atomic E-state index is -0.632. The van der Waals surface area contributed by atoms with Gasteiger partial charge in [-0.05, 0) is 53.2 Å². The Balaban J connectivity index is 2.41. The summed E-state index contributed by atoms with van der Waals surface area (Å²) < 4.78 is 19.7. The molecular weight excluding hydrogens is 347 g/mol. The maximum absolute atomic E-state index is 13.7. The van der Waals surface area contributed by atoms with Gasteiger partial charge in [-0.25, -0.2) is 4.39 Å². The monoisotopic (exact) mass is 356 g/mol. The summed E-state index contributed by atoms with van der Waals surface area (Å²) in [6, 6.07) is 9.00. The quantitative estimate of drug-likeness (QED) is 0.730. The van der Waals surface area contributed by atoms with Gasteiger partial charge >= 0.3 is 0 Å². The number of benzene rings is 2. The van der Waals surface area contributed by atoms with E-state index in [0.29, 0.717) is 22.4 Å². The van der Waals surface area contributed by atoms with E-state index in [4.69, 9.17) is 16.3 Å². The molecule has 0 aliphatic rings. The van der Waals surface area contributed by atoms with Gasteiger partial charge in [-0.3, -0.25) is 4.79 Å². The Morgan fingerprint density at radius 3 is 2.70 bits per heavy atom. The van der Waals surface area contributed by atoms with Crippen LogP contribution in [-0.2, 0) is 0 Å². The zero-order valence-electron chi connectivity index (χ0n) is 10.6. The van der Waals surface area contributed by atoms with E-state index >= 15 is 0 Å². The first kappa shape index (κ1) is 15.0. The highest BCUT2D eigenvalue weighted by Crippen LogP contribution is 2.29. The van der Waals surface area contributed by atoms with E-state index in [1.807, 2.05) is 6.92 Å². The molecule has 0 fully saturated rings. The maximum Gasteiger partial charge on any atom is 0.197 e. The predicted octanol–water partition coefficient (Wildman–Crippen LogP) is 4.87. The Labute approximate surface area is 129 Å². The normalized spacial score (nSPS) is 10.4. The molecule has 2 aromatic carbocycles. The van der Waals surface area contributed by atoms with Crippen molar-refractivity contribution in [2.24, 2.45) is 0 Å². The molecule has 20 heavy (non-hydrogen) atoms. The molecule has 2 rings (SSSR count). The molecule has 104 valence electrons. The number of ether oxygens (including phenoxy) is 1. The minimum Gasteiger partial charge on any atom is -0.493 e. The summed E-state index contributed by atoms with van der Waals surface area (Å²) in [5.41, 5.74) is 0.220. The van der Waals surface area contributed by atoms with Crippen molar-refractivity contribution in [3.05, 3.63) is 62.8 Å².